The lowest BCUT2D eigenvalue weighted by molar-refractivity contribution is -0.440. The summed E-state index contributed by atoms with van der Waals surface area (Å²) in [7, 11) is 0. The molecule has 21 heavy (non-hydrogen) atoms. The van der Waals surface area contributed by atoms with Crippen molar-refractivity contribution in [1.29, 1.82) is 0 Å². The molecule has 0 unspecified atom stereocenters. The number of nitrogens with zero attached hydrogens (tertiary/aromatic N) is 4. The quantitative estimate of drug-likeness (QED) is 0.733. The van der Waals surface area contributed by atoms with Crippen LogP contribution in [0.3, 0.4) is 0 Å². The Balaban J connectivity index is 1.78. The monoisotopic (exact) mass is 320 g/mol. The first-order valence-electron chi connectivity index (χ1n) is 6.87. The van der Waals surface area contributed by atoms with Crippen LogP contribution >= 0.6 is 23.1 Å². The van der Waals surface area contributed by atoms with Crippen molar-refractivity contribution in [3.8, 4) is 0 Å². The molecule has 1 atom stereocenters. The Kier molecular flexibility index (Phi) is 4.23. The molecule has 0 aliphatic carbocycles. The molecule has 0 saturated carbocycles. The molecular weight excluding hydrogens is 302 g/mol. The van der Waals surface area contributed by atoms with E-state index in [0.717, 1.165) is 20.9 Å². The van der Waals surface area contributed by atoms with Gasteiger partial charge in [-0.2, -0.15) is 4.52 Å². The molecule has 7 heteroatoms. The molecule has 0 bridgehead atoms. The third-order valence-electron chi connectivity index (χ3n) is 3.34. The standard InChI is InChI=1S/C14H17N5S2/c1-9(2)11(15)12-16-17-13-19(12)18-14(21-13)20-8-10-6-4-3-5-7-10/h3-7,9,11H,8,15H2,1-2H3/p+1/t11-/m0/s1. The molecule has 2 aromatic heterocycles. The molecule has 3 N–H and O–H groups in total. The summed E-state index contributed by atoms with van der Waals surface area (Å²) in [5.74, 6) is 2.18. The largest absolute Gasteiger partial charge is 0.348 e. The topological polar surface area (TPSA) is 70.7 Å². The van der Waals surface area contributed by atoms with Gasteiger partial charge in [0.05, 0.1) is 0 Å². The second-order valence-corrected chi connectivity index (χ2v) is 7.42. The Morgan fingerprint density at radius 2 is 2.00 bits per heavy atom. The van der Waals surface area contributed by atoms with Crippen LogP contribution in [0.2, 0.25) is 0 Å². The van der Waals surface area contributed by atoms with Crippen LogP contribution in [-0.4, -0.2) is 19.8 Å². The third kappa shape index (κ3) is 3.09. The summed E-state index contributed by atoms with van der Waals surface area (Å²) < 4.78 is 2.86. The molecule has 2 heterocycles. The zero-order chi connectivity index (χ0) is 14.8. The zero-order valence-electron chi connectivity index (χ0n) is 12.1. The van der Waals surface area contributed by atoms with Crippen LogP contribution in [0, 0.1) is 5.92 Å². The summed E-state index contributed by atoms with van der Waals surface area (Å²) in [6.45, 7) is 4.27. The van der Waals surface area contributed by atoms with Crippen LogP contribution in [-0.2, 0) is 5.75 Å². The first-order valence-corrected chi connectivity index (χ1v) is 8.67. The molecular formula is C14H18N5S2+. The molecule has 0 spiro atoms. The molecule has 1 aromatic carbocycles. The van der Waals surface area contributed by atoms with Gasteiger partial charge < -0.3 is 5.73 Å². The SMILES string of the molecule is CC(C)[C@H]([NH3+])c1nnc2sc(SCc3ccccc3)nn12. The number of hydrogen-bond donors (Lipinski definition) is 1. The van der Waals surface area contributed by atoms with E-state index in [1.165, 1.54) is 5.56 Å². The average molecular weight is 320 g/mol. The van der Waals surface area contributed by atoms with Crippen molar-refractivity contribution in [2.24, 2.45) is 5.92 Å². The highest BCUT2D eigenvalue weighted by Crippen LogP contribution is 2.28. The van der Waals surface area contributed by atoms with Gasteiger partial charge in [0, 0.05) is 11.7 Å². The van der Waals surface area contributed by atoms with Crippen molar-refractivity contribution in [2.75, 3.05) is 0 Å². The second-order valence-electron chi connectivity index (χ2n) is 5.25. The maximum Gasteiger partial charge on any atom is 0.235 e. The number of fused-ring (bicyclic) bond motifs is 1. The molecule has 3 aromatic rings. The summed E-state index contributed by atoms with van der Waals surface area (Å²) in [5.41, 5.74) is 5.46. The number of rotatable bonds is 5. The fraction of sp³-hybridized carbons (Fsp3) is 0.357. The lowest BCUT2D eigenvalue weighted by Gasteiger charge is -2.08. The Bertz CT molecular complexity index is 719. The smallest absolute Gasteiger partial charge is 0.235 e. The van der Waals surface area contributed by atoms with E-state index >= 15 is 0 Å². The predicted octanol–water partition coefficient (Wildman–Crippen LogP) is 2.42. The highest BCUT2D eigenvalue weighted by molar-refractivity contribution is 8.00. The van der Waals surface area contributed by atoms with Crippen LogP contribution in [0.5, 0.6) is 0 Å². The number of benzene rings is 1. The molecule has 0 amide bonds. The minimum Gasteiger partial charge on any atom is -0.348 e. The van der Waals surface area contributed by atoms with E-state index in [9.17, 15) is 0 Å². The average Bonchev–Trinajstić information content (AvgIpc) is 3.05. The predicted molar refractivity (Wildman–Crippen MR) is 85.1 cm³/mol. The second kappa shape index (κ2) is 6.13. The summed E-state index contributed by atoms with van der Waals surface area (Å²) in [6, 6.07) is 10.5. The van der Waals surface area contributed by atoms with Crippen LogP contribution in [0.4, 0.5) is 0 Å². The highest BCUT2D eigenvalue weighted by atomic mass is 32.2. The molecule has 0 radical (unpaired) electrons. The fourth-order valence-electron chi connectivity index (χ4n) is 1.92. The van der Waals surface area contributed by atoms with Gasteiger partial charge in [-0.3, -0.25) is 0 Å². The van der Waals surface area contributed by atoms with Crippen molar-refractivity contribution in [3.05, 3.63) is 41.7 Å². The summed E-state index contributed by atoms with van der Waals surface area (Å²) >= 11 is 3.31. The highest BCUT2D eigenvalue weighted by Gasteiger charge is 2.23. The van der Waals surface area contributed by atoms with Gasteiger partial charge in [0.1, 0.15) is 6.04 Å². The van der Waals surface area contributed by atoms with Gasteiger partial charge in [-0.15, -0.1) is 15.3 Å². The summed E-state index contributed by atoms with van der Waals surface area (Å²) in [6.07, 6.45) is 0. The van der Waals surface area contributed by atoms with Gasteiger partial charge in [-0.05, 0) is 5.56 Å². The van der Waals surface area contributed by atoms with E-state index in [2.05, 4.69) is 59.1 Å². The van der Waals surface area contributed by atoms with Crippen molar-refractivity contribution in [1.82, 2.24) is 19.8 Å². The molecule has 5 nitrogen and oxygen atoms in total. The van der Waals surface area contributed by atoms with E-state index < -0.39 is 0 Å². The number of quaternary nitrogens is 1. The third-order valence-corrected chi connectivity index (χ3v) is 5.44. The Labute approximate surface area is 131 Å². The minimum atomic E-state index is 0.106. The van der Waals surface area contributed by atoms with E-state index in [4.69, 9.17) is 0 Å². The zero-order valence-corrected chi connectivity index (χ0v) is 13.7. The van der Waals surface area contributed by atoms with Gasteiger partial charge in [-0.1, -0.05) is 67.3 Å². The van der Waals surface area contributed by atoms with E-state index in [1.54, 1.807) is 23.1 Å². The molecule has 0 fully saturated rings. The molecule has 3 rings (SSSR count). The summed E-state index contributed by atoms with van der Waals surface area (Å²) in [5, 5.41) is 13.1. The molecule has 0 aliphatic heterocycles. The number of hydrogen-bond acceptors (Lipinski definition) is 5. The van der Waals surface area contributed by atoms with Gasteiger partial charge >= 0.3 is 0 Å². The Morgan fingerprint density at radius 3 is 2.71 bits per heavy atom. The lowest BCUT2D eigenvalue weighted by Crippen LogP contribution is -2.56. The normalized spacial score (nSPS) is 13.1. The van der Waals surface area contributed by atoms with Crippen LogP contribution in [0.1, 0.15) is 31.3 Å². The number of aromatic nitrogens is 4. The van der Waals surface area contributed by atoms with Gasteiger partial charge in [0.25, 0.3) is 0 Å². The first kappa shape index (κ1) is 14.5. The molecule has 110 valence electrons. The fourth-order valence-corrected chi connectivity index (χ4v) is 3.76. The van der Waals surface area contributed by atoms with Crippen LogP contribution in [0.15, 0.2) is 34.7 Å². The van der Waals surface area contributed by atoms with Crippen LogP contribution in [0.25, 0.3) is 4.96 Å². The van der Waals surface area contributed by atoms with Gasteiger partial charge in [0.15, 0.2) is 4.34 Å². The van der Waals surface area contributed by atoms with Crippen molar-refractivity contribution >= 4 is 28.1 Å². The van der Waals surface area contributed by atoms with Crippen molar-refractivity contribution < 1.29 is 5.73 Å². The first-order chi connectivity index (χ1) is 10.1. The van der Waals surface area contributed by atoms with E-state index in [0.29, 0.717) is 5.92 Å². The maximum atomic E-state index is 4.62. The number of thioether (sulfide) groups is 1. The van der Waals surface area contributed by atoms with Crippen molar-refractivity contribution in [2.45, 2.75) is 30.0 Å². The van der Waals surface area contributed by atoms with E-state index in [1.807, 2.05) is 10.6 Å². The molecule has 0 saturated heterocycles. The summed E-state index contributed by atoms with van der Waals surface area (Å²) in [4.78, 5) is 0.842. The lowest BCUT2D eigenvalue weighted by atomic mass is 10.1. The van der Waals surface area contributed by atoms with Gasteiger partial charge in [-0.25, -0.2) is 0 Å². The Morgan fingerprint density at radius 1 is 1.24 bits per heavy atom. The minimum absolute atomic E-state index is 0.106. The van der Waals surface area contributed by atoms with Crippen LogP contribution < -0.4 is 5.73 Å². The maximum absolute atomic E-state index is 4.62. The van der Waals surface area contributed by atoms with Gasteiger partial charge in [0.2, 0.25) is 10.8 Å². The van der Waals surface area contributed by atoms with E-state index in [-0.39, 0.29) is 6.04 Å². The van der Waals surface area contributed by atoms with Crippen molar-refractivity contribution in [3.63, 3.8) is 0 Å². The Hall–Kier alpha value is -1.44. The molecule has 0 aliphatic rings.